The zero-order valence-corrected chi connectivity index (χ0v) is 19.4. The van der Waals surface area contributed by atoms with Gasteiger partial charge in [0.2, 0.25) is 0 Å². The number of epoxide rings is 1. The largest absolute Gasteiger partial charge is 0.365 e. The lowest BCUT2D eigenvalue weighted by Crippen LogP contribution is -2.57. The molecule has 0 aromatic heterocycles. The van der Waals surface area contributed by atoms with E-state index in [2.05, 4.69) is 34.6 Å². The fourth-order valence-electron chi connectivity index (χ4n) is 9.77. The molecule has 0 aromatic rings. The summed E-state index contributed by atoms with van der Waals surface area (Å²) < 4.78 is 6.48. The molecular weight excluding hydrogens is 340 g/mol. The first kappa shape index (κ1) is 19.9. The Morgan fingerprint density at radius 1 is 0.857 bits per heavy atom. The summed E-state index contributed by atoms with van der Waals surface area (Å²) in [6.07, 6.45) is 18.1. The highest BCUT2D eigenvalue weighted by Gasteiger charge is 2.73. The lowest BCUT2D eigenvalue weighted by molar-refractivity contribution is -0.115. The maximum Gasteiger partial charge on any atom is 0.100 e. The van der Waals surface area contributed by atoms with E-state index in [0.29, 0.717) is 22.5 Å². The first-order chi connectivity index (χ1) is 13.3. The average Bonchev–Trinajstić information content (AvgIpc) is 3.26. The second-order valence-corrected chi connectivity index (χ2v) is 12.8. The smallest absolute Gasteiger partial charge is 0.100 e. The third-order valence-corrected chi connectivity index (χ3v) is 11.3. The van der Waals surface area contributed by atoms with Gasteiger partial charge in [-0.3, -0.25) is 0 Å². The minimum Gasteiger partial charge on any atom is -0.365 e. The zero-order chi connectivity index (χ0) is 19.7. The topological polar surface area (TPSA) is 12.5 Å². The summed E-state index contributed by atoms with van der Waals surface area (Å²) in [7, 11) is 0. The molecule has 1 spiro atoms. The SMILES string of the molecule is CC(C)CCC[C@@H](C)[C@H]1CC[C@H]2[C@@H]3CC[C@]45O[C@H]4CCC[C@]5(C)[C@H]3CC[C@]12C. The van der Waals surface area contributed by atoms with Gasteiger partial charge in [0, 0.05) is 5.41 Å². The quantitative estimate of drug-likeness (QED) is 0.442. The van der Waals surface area contributed by atoms with Crippen LogP contribution in [-0.2, 0) is 4.74 Å². The van der Waals surface area contributed by atoms with Crippen LogP contribution in [0.15, 0.2) is 0 Å². The first-order valence-electron chi connectivity index (χ1n) is 13.0. The lowest BCUT2D eigenvalue weighted by Gasteiger charge is -2.60. The molecule has 4 saturated carbocycles. The van der Waals surface area contributed by atoms with Crippen LogP contribution in [0, 0.1) is 46.3 Å². The Morgan fingerprint density at radius 2 is 1.68 bits per heavy atom. The molecule has 0 bridgehead atoms. The maximum atomic E-state index is 6.48. The van der Waals surface area contributed by atoms with Gasteiger partial charge in [-0.1, -0.05) is 60.3 Å². The van der Waals surface area contributed by atoms with Crippen molar-refractivity contribution in [2.45, 2.75) is 123 Å². The molecule has 0 aromatic carbocycles. The Bertz CT molecular complexity index is 597. The Balaban J connectivity index is 1.32. The van der Waals surface area contributed by atoms with Crippen LogP contribution in [0.2, 0.25) is 0 Å². The number of fused-ring (bicyclic) bond motifs is 4. The van der Waals surface area contributed by atoms with Gasteiger partial charge in [-0.25, -0.2) is 0 Å². The highest BCUT2D eigenvalue weighted by Crippen LogP contribution is 2.73. The van der Waals surface area contributed by atoms with E-state index in [1.165, 1.54) is 77.0 Å². The Morgan fingerprint density at radius 3 is 2.46 bits per heavy atom. The van der Waals surface area contributed by atoms with Crippen LogP contribution in [0.4, 0.5) is 0 Å². The summed E-state index contributed by atoms with van der Waals surface area (Å²) in [4.78, 5) is 0. The Labute approximate surface area is 174 Å². The van der Waals surface area contributed by atoms with Crippen molar-refractivity contribution < 1.29 is 4.74 Å². The van der Waals surface area contributed by atoms with Crippen molar-refractivity contribution in [2.24, 2.45) is 46.3 Å². The molecule has 1 heterocycles. The molecule has 0 radical (unpaired) electrons. The molecule has 1 aliphatic heterocycles. The van der Waals surface area contributed by atoms with Gasteiger partial charge in [0.25, 0.3) is 0 Å². The van der Waals surface area contributed by atoms with Crippen molar-refractivity contribution in [1.29, 1.82) is 0 Å². The van der Waals surface area contributed by atoms with E-state index >= 15 is 0 Å². The Kier molecular flexibility index (Phi) is 4.78. The third kappa shape index (κ3) is 2.66. The molecule has 0 N–H and O–H groups in total. The monoisotopic (exact) mass is 386 g/mol. The van der Waals surface area contributed by atoms with E-state index in [0.717, 1.165) is 35.5 Å². The van der Waals surface area contributed by atoms with Crippen LogP contribution in [-0.4, -0.2) is 11.7 Å². The number of rotatable bonds is 5. The number of ether oxygens (including phenoxy) is 1. The molecule has 1 nitrogen and oxygen atoms in total. The van der Waals surface area contributed by atoms with Crippen LogP contribution in [0.25, 0.3) is 0 Å². The van der Waals surface area contributed by atoms with E-state index < -0.39 is 0 Å². The van der Waals surface area contributed by atoms with Gasteiger partial charge in [-0.05, 0) is 92.3 Å². The molecule has 0 amide bonds. The van der Waals surface area contributed by atoms with Gasteiger partial charge in [-0.2, -0.15) is 0 Å². The molecule has 9 atom stereocenters. The second kappa shape index (κ2) is 6.73. The van der Waals surface area contributed by atoms with Crippen molar-refractivity contribution in [3.8, 4) is 0 Å². The predicted molar refractivity (Wildman–Crippen MR) is 117 cm³/mol. The number of hydrogen-bond acceptors (Lipinski definition) is 1. The van der Waals surface area contributed by atoms with Gasteiger partial charge in [0.15, 0.2) is 0 Å². The van der Waals surface area contributed by atoms with Crippen LogP contribution >= 0.6 is 0 Å². The zero-order valence-electron chi connectivity index (χ0n) is 19.4. The van der Waals surface area contributed by atoms with Crippen molar-refractivity contribution in [3.05, 3.63) is 0 Å². The molecule has 5 aliphatic rings. The number of hydrogen-bond donors (Lipinski definition) is 0. The van der Waals surface area contributed by atoms with Crippen molar-refractivity contribution >= 4 is 0 Å². The summed E-state index contributed by atoms with van der Waals surface area (Å²) >= 11 is 0. The van der Waals surface area contributed by atoms with E-state index in [9.17, 15) is 0 Å². The second-order valence-electron chi connectivity index (χ2n) is 12.8. The van der Waals surface area contributed by atoms with Gasteiger partial charge in [0.05, 0.1) is 6.10 Å². The van der Waals surface area contributed by atoms with Gasteiger partial charge in [0.1, 0.15) is 5.60 Å². The summed E-state index contributed by atoms with van der Waals surface area (Å²) in [5.41, 5.74) is 1.46. The van der Waals surface area contributed by atoms with Crippen molar-refractivity contribution in [3.63, 3.8) is 0 Å². The van der Waals surface area contributed by atoms with Crippen LogP contribution in [0.1, 0.15) is 112 Å². The summed E-state index contributed by atoms with van der Waals surface area (Å²) in [6, 6.07) is 0. The van der Waals surface area contributed by atoms with Crippen LogP contribution in [0.3, 0.4) is 0 Å². The minimum absolute atomic E-state index is 0.322. The summed E-state index contributed by atoms with van der Waals surface area (Å²) in [5.74, 6) is 5.77. The van der Waals surface area contributed by atoms with E-state index in [1.807, 2.05) is 0 Å². The van der Waals surface area contributed by atoms with E-state index in [1.54, 1.807) is 0 Å². The van der Waals surface area contributed by atoms with E-state index in [-0.39, 0.29) is 0 Å². The molecular formula is C27H46O. The standard InChI is InChI=1S/C27H46O/c1-18(2)8-6-9-19(3)21-11-12-22-20-13-17-27-24(28-27)10-7-15-26(27,5)23(20)14-16-25(21,22)4/h18-24H,6-17H2,1-5H3/t19-,20+,21-,22+,23+,24+,25-,26-,27+/m1/s1. The van der Waals surface area contributed by atoms with Gasteiger partial charge in [-0.15, -0.1) is 0 Å². The van der Waals surface area contributed by atoms with Crippen molar-refractivity contribution in [2.75, 3.05) is 0 Å². The summed E-state index contributed by atoms with van der Waals surface area (Å²) in [6.45, 7) is 12.8. The fraction of sp³-hybridized carbons (Fsp3) is 1.00. The highest BCUT2D eigenvalue weighted by molar-refractivity contribution is 5.22. The maximum absolute atomic E-state index is 6.48. The fourth-order valence-corrected chi connectivity index (χ4v) is 9.77. The summed E-state index contributed by atoms with van der Waals surface area (Å²) in [5, 5.41) is 0. The first-order valence-corrected chi connectivity index (χ1v) is 13.0. The average molecular weight is 387 g/mol. The minimum atomic E-state index is 0.322. The molecule has 28 heavy (non-hydrogen) atoms. The highest BCUT2D eigenvalue weighted by atomic mass is 16.6. The van der Waals surface area contributed by atoms with Crippen LogP contribution < -0.4 is 0 Å². The Hall–Kier alpha value is -0.0400. The molecule has 4 aliphatic carbocycles. The van der Waals surface area contributed by atoms with Gasteiger partial charge >= 0.3 is 0 Å². The molecule has 5 fully saturated rings. The normalized spacial score (nSPS) is 53.1. The predicted octanol–water partition coefficient (Wildman–Crippen LogP) is 7.63. The molecule has 1 heteroatoms. The van der Waals surface area contributed by atoms with E-state index in [4.69, 9.17) is 4.74 Å². The van der Waals surface area contributed by atoms with Gasteiger partial charge < -0.3 is 4.74 Å². The molecule has 160 valence electrons. The molecule has 5 rings (SSSR count). The lowest BCUT2D eigenvalue weighted by atomic mass is 9.44. The van der Waals surface area contributed by atoms with Crippen molar-refractivity contribution in [1.82, 2.24) is 0 Å². The molecule has 0 unspecified atom stereocenters. The molecule has 1 saturated heterocycles. The van der Waals surface area contributed by atoms with Crippen LogP contribution in [0.5, 0.6) is 0 Å². The third-order valence-electron chi connectivity index (χ3n) is 11.3.